The van der Waals surface area contributed by atoms with Gasteiger partial charge >= 0.3 is 0 Å². The van der Waals surface area contributed by atoms with E-state index in [-0.39, 0.29) is 29.2 Å². The molecule has 3 rings (SSSR count). The van der Waals surface area contributed by atoms with Crippen LogP contribution in [-0.2, 0) is 15.3 Å². The van der Waals surface area contributed by atoms with Gasteiger partial charge in [-0.15, -0.1) is 11.8 Å². The summed E-state index contributed by atoms with van der Waals surface area (Å²) < 4.78 is 0. The number of hydrogen-bond acceptors (Lipinski definition) is 3. The second-order valence-electron chi connectivity index (χ2n) is 5.38. The zero-order chi connectivity index (χ0) is 12.9. The van der Waals surface area contributed by atoms with Gasteiger partial charge in [0.25, 0.3) is 0 Å². The Morgan fingerprint density at radius 2 is 2.00 bits per heavy atom. The van der Waals surface area contributed by atoms with Crippen molar-refractivity contribution in [3.63, 3.8) is 0 Å². The molecule has 3 heteroatoms. The van der Waals surface area contributed by atoms with E-state index in [2.05, 4.69) is 26.0 Å². The highest BCUT2D eigenvalue weighted by atomic mass is 32.2. The Morgan fingerprint density at radius 1 is 1.22 bits per heavy atom. The number of thioether (sulfide) groups is 1. The van der Waals surface area contributed by atoms with Gasteiger partial charge in [0.15, 0.2) is 5.78 Å². The second kappa shape index (κ2) is 4.23. The fraction of sp³-hybridized carbons (Fsp3) is 0.467. The van der Waals surface area contributed by atoms with E-state index in [9.17, 15) is 9.59 Å². The van der Waals surface area contributed by atoms with E-state index in [1.54, 1.807) is 11.8 Å². The van der Waals surface area contributed by atoms with Gasteiger partial charge in [-0.1, -0.05) is 17.7 Å². The molecule has 2 atom stereocenters. The summed E-state index contributed by atoms with van der Waals surface area (Å²) in [5.41, 5.74) is 5.09. The first-order valence-electron chi connectivity index (χ1n) is 6.32. The van der Waals surface area contributed by atoms with Gasteiger partial charge in [0, 0.05) is 18.1 Å². The summed E-state index contributed by atoms with van der Waals surface area (Å²) in [5.74, 6) is 1.26. The molecule has 0 radical (unpaired) electrons. The van der Waals surface area contributed by atoms with E-state index < -0.39 is 0 Å². The summed E-state index contributed by atoms with van der Waals surface area (Å²) in [6.45, 7) is 4.20. The summed E-state index contributed by atoms with van der Waals surface area (Å²) in [5, 5.41) is 0.0107. The molecule has 1 aromatic rings. The third-order valence-electron chi connectivity index (χ3n) is 3.91. The molecule has 0 amide bonds. The van der Waals surface area contributed by atoms with E-state index in [1.807, 2.05) is 0 Å². The van der Waals surface area contributed by atoms with Gasteiger partial charge in [-0.05, 0) is 30.5 Å². The summed E-state index contributed by atoms with van der Waals surface area (Å²) in [7, 11) is 0. The first-order chi connectivity index (χ1) is 8.56. The number of carbonyl (C=O) groups excluding carboxylic acids is 2. The lowest BCUT2D eigenvalue weighted by Gasteiger charge is -2.36. The normalized spacial score (nSPS) is 26.8. The van der Waals surface area contributed by atoms with Crippen molar-refractivity contribution in [2.45, 2.75) is 43.6 Å². The molecule has 1 saturated carbocycles. The van der Waals surface area contributed by atoms with Crippen molar-refractivity contribution < 1.29 is 9.59 Å². The van der Waals surface area contributed by atoms with Crippen LogP contribution in [0, 0.1) is 13.8 Å². The van der Waals surface area contributed by atoms with E-state index in [1.165, 1.54) is 22.3 Å². The molecule has 18 heavy (non-hydrogen) atoms. The minimum atomic E-state index is 0.0107. The molecule has 1 aliphatic heterocycles. The monoisotopic (exact) mass is 260 g/mol. The zero-order valence-corrected chi connectivity index (χ0v) is 11.5. The number of fused-ring (bicyclic) bond motifs is 3. The average molecular weight is 260 g/mol. The van der Waals surface area contributed by atoms with E-state index in [0.717, 1.165) is 5.75 Å². The van der Waals surface area contributed by atoms with Crippen molar-refractivity contribution in [3.8, 4) is 0 Å². The number of aryl methyl sites for hydroxylation is 2. The number of Topliss-reactive ketones (excluding diaryl/α,β-unsaturated/α-hetero) is 2. The molecule has 0 bridgehead atoms. The standard InChI is InChI=1S/C15H16O2S/c1-8-3-9(2)14-10(4-8)7-18-15-12(14)5-11(16)6-13(15)17/h3-4,12,15H,5-7H2,1-2H3. The molecule has 0 N–H and O–H groups in total. The van der Waals surface area contributed by atoms with Crippen LogP contribution in [0.25, 0.3) is 0 Å². The molecule has 0 saturated heterocycles. The topological polar surface area (TPSA) is 34.1 Å². The molecule has 0 aromatic heterocycles. The molecule has 94 valence electrons. The van der Waals surface area contributed by atoms with E-state index in [4.69, 9.17) is 0 Å². The maximum Gasteiger partial charge on any atom is 0.153 e. The van der Waals surface area contributed by atoms with Gasteiger partial charge in [-0.25, -0.2) is 0 Å². The van der Waals surface area contributed by atoms with Gasteiger partial charge in [0.05, 0.1) is 11.7 Å². The van der Waals surface area contributed by atoms with Crippen molar-refractivity contribution in [2.24, 2.45) is 0 Å². The molecule has 2 unspecified atom stereocenters. The Labute approximate surface area is 111 Å². The lowest BCUT2D eigenvalue weighted by atomic mass is 9.78. The highest BCUT2D eigenvalue weighted by molar-refractivity contribution is 8.00. The molecule has 1 heterocycles. The molecular weight excluding hydrogens is 244 g/mol. The summed E-state index contributed by atoms with van der Waals surface area (Å²) >= 11 is 1.72. The van der Waals surface area contributed by atoms with Crippen LogP contribution in [0.3, 0.4) is 0 Å². The number of rotatable bonds is 0. The van der Waals surface area contributed by atoms with Crippen molar-refractivity contribution >= 4 is 23.3 Å². The highest BCUT2D eigenvalue weighted by Gasteiger charge is 2.41. The molecule has 1 fully saturated rings. The van der Waals surface area contributed by atoms with Crippen LogP contribution in [0.4, 0.5) is 0 Å². The maximum absolute atomic E-state index is 12.0. The molecule has 1 aliphatic carbocycles. The maximum atomic E-state index is 12.0. The van der Waals surface area contributed by atoms with Gasteiger partial charge in [-0.2, -0.15) is 0 Å². The Hall–Kier alpha value is -1.09. The minimum Gasteiger partial charge on any atom is -0.299 e. The number of hydrogen-bond donors (Lipinski definition) is 0. The molecule has 0 spiro atoms. The number of benzene rings is 1. The third kappa shape index (κ3) is 1.81. The van der Waals surface area contributed by atoms with Crippen LogP contribution in [-0.4, -0.2) is 16.8 Å². The fourth-order valence-electron chi connectivity index (χ4n) is 3.30. The van der Waals surface area contributed by atoms with Crippen LogP contribution in [0.2, 0.25) is 0 Å². The van der Waals surface area contributed by atoms with Crippen molar-refractivity contribution in [2.75, 3.05) is 0 Å². The largest absolute Gasteiger partial charge is 0.299 e. The molecule has 1 aromatic carbocycles. The highest BCUT2D eigenvalue weighted by Crippen LogP contribution is 2.45. The molecule has 2 nitrogen and oxygen atoms in total. The Kier molecular flexibility index (Phi) is 2.81. The molecular formula is C15H16O2S. The Balaban J connectivity index is 2.11. The summed E-state index contributed by atoms with van der Waals surface area (Å²) in [6.07, 6.45) is 0.689. The quantitative estimate of drug-likeness (QED) is 0.673. The fourth-order valence-corrected chi connectivity index (χ4v) is 4.63. The van der Waals surface area contributed by atoms with Crippen LogP contribution in [0.15, 0.2) is 12.1 Å². The number of ketones is 2. The number of carbonyl (C=O) groups is 2. The summed E-state index contributed by atoms with van der Waals surface area (Å²) in [4.78, 5) is 23.7. The van der Waals surface area contributed by atoms with Crippen molar-refractivity contribution in [3.05, 3.63) is 34.4 Å². The van der Waals surface area contributed by atoms with E-state index in [0.29, 0.717) is 6.42 Å². The second-order valence-corrected chi connectivity index (χ2v) is 6.51. The first-order valence-corrected chi connectivity index (χ1v) is 7.37. The lowest BCUT2D eigenvalue weighted by molar-refractivity contribution is -0.129. The predicted octanol–water partition coefficient (Wildman–Crippen LogP) is 2.93. The Bertz CT molecular complexity index is 548. The van der Waals surface area contributed by atoms with Crippen LogP contribution >= 0.6 is 11.8 Å². The van der Waals surface area contributed by atoms with Crippen LogP contribution in [0.5, 0.6) is 0 Å². The van der Waals surface area contributed by atoms with Gasteiger partial charge in [-0.3, -0.25) is 9.59 Å². The SMILES string of the molecule is Cc1cc(C)c2c(c1)CSC1C(=O)CC(=O)CC21. The summed E-state index contributed by atoms with van der Waals surface area (Å²) in [6, 6.07) is 4.37. The smallest absolute Gasteiger partial charge is 0.153 e. The van der Waals surface area contributed by atoms with Gasteiger partial charge in [0.1, 0.15) is 5.78 Å². The minimum absolute atomic E-state index is 0.0107. The van der Waals surface area contributed by atoms with Crippen molar-refractivity contribution in [1.29, 1.82) is 0 Å². The lowest BCUT2D eigenvalue weighted by Crippen LogP contribution is -2.37. The van der Waals surface area contributed by atoms with Gasteiger partial charge < -0.3 is 0 Å². The third-order valence-corrected chi connectivity index (χ3v) is 5.34. The Morgan fingerprint density at radius 3 is 2.78 bits per heavy atom. The van der Waals surface area contributed by atoms with Crippen LogP contribution < -0.4 is 0 Å². The van der Waals surface area contributed by atoms with Crippen LogP contribution in [0.1, 0.15) is 41.0 Å². The first kappa shape index (κ1) is 12.0. The molecule has 2 aliphatic rings. The predicted molar refractivity (Wildman–Crippen MR) is 73.0 cm³/mol. The van der Waals surface area contributed by atoms with Crippen molar-refractivity contribution in [1.82, 2.24) is 0 Å². The average Bonchev–Trinajstić information content (AvgIpc) is 2.26. The zero-order valence-electron chi connectivity index (χ0n) is 10.7. The van der Waals surface area contributed by atoms with Gasteiger partial charge in [0.2, 0.25) is 0 Å². The van der Waals surface area contributed by atoms with E-state index >= 15 is 0 Å².